The number of carbonyl (C=O) groups is 1. The van der Waals surface area contributed by atoms with Gasteiger partial charge in [-0.2, -0.15) is 0 Å². The number of unbranched alkanes of at least 4 members (excludes halogenated alkanes) is 1. The van der Waals surface area contributed by atoms with Gasteiger partial charge in [0.25, 0.3) is 0 Å². The molecule has 0 aromatic rings. The van der Waals surface area contributed by atoms with Gasteiger partial charge in [0, 0.05) is 6.61 Å². The first kappa shape index (κ1) is 14.4. The van der Waals surface area contributed by atoms with E-state index >= 15 is 0 Å². The van der Waals surface area contributed by atoms with E-state index in [9.17, 15) is 9.90 Å². The molecule has 0 fully saturated rings. The van der Waals surface area contributed by atoms with Crippen molar-refractivity contribution < 1.29 is 14.6 Å². The number of hydrogen-bond acceptors (Lipinski definition) is 2. The molecule has 15 heavy (non-hydrogen) atoms. The van der Waals surface area contributed by atoms with E-state index in [4.69, 9.17) is 4.74 Å². The number of aliphatic carboxylic acids is 1. The molecule has 0 saturated carbocycles. The molecule has 0 aliphatic heterocycles. The van der Waals surface area contributed by atoms with Crippen LogP contribution in [0.3, 0.4) is 0 Å². The van der Waals surface area contributed by atoms with Crippen LogP contribution in [0.15, 0.2) is 0 Å². The standard InChI is InChI=1S/C12H24O3/c1-4-7-10-15-12(8-5-2,9-6-3)11(13)14/h4-10H2,1-3H3,(H,13,14). The van der Waals surface area contributed by atoms with Gasteiger partial charge in [0.15, 0.2) is 5.60 Å². The monoisotopic (exact) mass is 216 g/mol. The summed E-state index contributed by atoms with van der Waals surface area (Å²) in [6.45, 7) is 6.63. The maximum absolute atomic E-state index is 11.3. The van der Waals surface area contributed by atoms with Crippen molar-refractivity contribution in [2.45, 2.75) is 64.9 Å². The number of ether oxygens (including phenoxy) is 1. The Morgan fingerprint density at radius 1 is 1.13 bits per heavy atom. The fraction of sp³-hybridized carbons (Fsp3) is 0.917. The van der Waals surface area contributed by atoms with Crippen LogP contribution in [0.1, 0.15) is 59.3 Å². The van der Waals surface area contributed by atoms with E-state index in [-0.39, 0.29) is 0 Å². The molecule has 3 nitrogen and oxygen atoms in total. The predicted octanol–water partition coefficient (Wildman–Crippen LogP) is 3.23. The van der Waals surface area contributed by atoms with Gasteiger partial charge in [-0.05, 0) is 19.3 Å². The van der Waals surface area contributed by atoms with Gasteiger partial charge in [0.1, 0.15) is 0 Å². The van der Waals surface area contributed by atoms with Crippen molar-refractivity contribution in [1.82, 2.24) is 0 Å². The minimum atomic E-state index is -0.932. The first-order valence-electron chi connectivity index (χ1n) is 6.00. The lowest BCUT2D eigenvalue weighted by Crippen LogP contribution is -2.41. The van der Waals surface area contributed by atoms with Crippen molar-refractivity contribution in [2.24, 2.45) is 0 Å². The van der Waals surface area contributed by atoms with Gasteiger partial charge in [-0.1, -0.05) is 40.0 Å². The van der Waals surface area contributed by atoms with E-state index in [1.54, 1.807) is 0 Å². The van der Waals surface area contributed by atoms with E-state index in [1.165, 1.54) is 0 Å². The number of hydrogen-bond donors (Lipinski definition) is 1. The highest BCUT2D eigenvalue weighted by molar-refractivity contribution is 5.77. The maximum atomic E-state index is 11.3. The summed E-state index contributed by atoms with van der Waals surface area (Å²) in [7, 11) is 0. The van der Waals surface area contributed by atoms with E-state index in [2.05, 4.69) is 6.92 Å². The highest BCUT2D eigenvalue weighted by atomic mass is 16.5. The summed E-state index contributed by atoms with van der Waals surface area (Å²) in [6.07, 6.45) is 4.88. The SMILES string of the molecule is CCCCOC(CCC)(CCC)C(=O)O. The summed E-state index contributed by atoms with van der Waals surface area (Å²) in [4.78, 5) is 11.3. The third-order valence-electron chi connectivity index (χ3n) is 2.57. The summed E-state index contributed by atoms with van der Waals surface area (Å²) in [5.41, 5.74) is -0.932. The molecular weight excluding hydrogens is 192 g/mol. The Kier molecular flexibility index (Phi) is 7.39. The molecule has 0 rings (SSSR count). The van der Waals surface area contributed by atoms with E-state index in [0.29, 0.717) is 19.4 Å². The lowest BCUT2D eigenvalue weighted by atomic mass is 9.92. The van der Waals surface area contributed by atoms with Gasteiger partial charge in [-0.15, -0.1) is 0 Å². The lowest BCUT2D eigenvalue weighted by molar-refractivity contribution is -0.168. The summed E-state index contributed by atoms with van der Waals surface area (Å²) < 4.78 is 5.61. The highest BCUT2D eigenvalue weighted by Crippen LogP contribution is 2.25. The zero-order valence-electron chi connectivity index (χ0n) is 10.2. The highest BCUT2D eigenvalue weighted by Gasteiger charge is 2.37. The molecule has 0 aromatic heterocycles. The Morgan fingerprint density at radius 2 is 1.67 bits per heavy atom. The van der Waals surface area contributed by atoms with E-state index < -0.39 is 11.6 Å². The largest absolute Gasteiger partial charge is 0.479 e. The molecular formula is C12H24O3. The second kappa shape index (κ2) is 7.69. The average Bonchev–Trinajstić information content (AvgIpc) is 2.18. The molecule has 0 atom stereocenters. The molecule has 0 saturated heterocycles. The zero-order chi connectivity index (χ0) is 11.7. The van der Waals surface area contributed by atoms with Crippen molar-refractivity contribution in [1.29, 1.82) is 0 Å². The zero-order valence-corrected chi connectivity index (χ0v) is 10.2. The summed E-state index contributed by atoms with van der Waals surface area (Å²) >= 11 is 0. The molecule has 0 aromatic carbocycles. The molecule has 0 spiro atoms. The molecule has 0 bridgehead atoms. The smallest absolute Gasteiger partial charge is 0.335 e. The van der Waals surface area contributed by atoms with Gasteiger partial charge in [0.05, 0.1) is 0 Å². The van der Waals surface area contributed by atoms with Crippen molar-refractivity contribution >= 4 is 5.97 Å². The predicted molar refractivity (Wildman–Crippen MR) is 61.0 cm³/mol. The molecule has 0 heterocycles. The van der Waals surface area contributed by atoms with Crippen LogP contribution < -0.4 is 0 Å². The second-order valence-electron chi connectivity index (χ2n) is 4.00. The van der Waals surface area contributed by atoms with Crippen LogP contribution in [0.2, 0.25) is 0 Å². The molecule has 1 N–H and O–H groups in total. The Labute approximate surface area is 92.8 Å². The van der Waals surface area contributed by atoms with Crippen molar-refractivity contribution in [3.05, 3.63) is 0 Å². The fourth-order valence-corrected chi connectivity index (χ4v) is 1.76. The summed E-state index contributed by atoms with van der Waals surface area (Å²) in [5.74, 6) is -0.803. The van der Waals surface area contributed by atoms with Crippen LogP contribution >= 0.6 is 0 Å². The first-order chi connectivity index (χ1) is 7.13. The fourth-order valence-electron chi connectivity index (χ4n) is 1.76. The summed E-state index contributed by atoms with van der Waals surface area (Å²) in [5, 5.41) is 9.26. The third kappa shape index (κ3) is 4.65. The van der Waals surface area contributed by atoms with Gasteiger partial charge in [-0.25, -0.2) is 4.79 Å². The maximum Gasteiger partial charge on any atom is 0.335 e. The Bertz CT molecular complexity index is 172. The lowest BCUT2D eigenvalue weighted by Gasteiger charge is -2.29. The average molecular weight is 216 g/mol. The molecule has 90 valence electrons. The molecule has 0 unspecified atom stereocenters. The van der Waals surface area contributed by atoms with Gasteiger partial charge >= 0.3 is 5.97 Å². The van der Waals surface area contributed by atoms with Gasteiger partial charge < -0.3 is 9.84 Å². The molecule has 3 heteroatoms. The van der Waals surface area contributed by atoms with Crippen molar-refractivity contribution in [2.75, 3.05) is 6.61 Å². The number of rotatable bonds is 9. The van der Waals surface area contributed by atoms with Crippen LogP contribution in [-0.4, -0.2) is 23.3 Å². The van der Waals surface area contributed by atoms with E-state index in [0.717, 1.165) is 25.7 Å². The van der Waals surface area contributed by atoms with Crippen LogP contribution in [-0.2, 0) is 9.53 Å². The molecule has 0 radical (unpaired) electrons. The van der Waals surface area contributed by atoms with E-state index in [1.807, 2.05) is 13.8 Å². The van der Waals surface area contributed by atoms with Gasteiger partial charge in [0.2, 0.25) is 0 Å². The van der Waals surface area contributed by atoms with Crippen LogP contribution in [0.25, 0.3) is 0 Å². The Morgan fingerprint density at radius 3 is 2.00 bits per heavy atom. The van der Waals surface area contributed by atoms with Crippen LogP contribution in [0.5, 0.6) is 0 Å². The number of carboxylic acid groups (broad SMARTS) is 1. The molecule has 0 aliphatic rings. The molecule has 0 aliphatic carbocycles. The van der Waals surface area contributed by atoms with Crippen LogP contribution in [0.4, 0.5) is 0 Å². The third-order valence-corrected chi connectivity index (χ3v) is 2.57. The van der Waals surface area contributed by atoms with Crippen molar-refractivity contribution in [3.8, 4) is 0 Å². The van der Waals surface area contributed by atoms with Crippen LogP contribution in [0, 0.1) is 0 Å². The molecule has 0 amide bonds. The normalized spacial score (nSPS) is 11.7. The minimum absolute atomic E-state index is 0.558. The summed E-state index contributed by atoms with van der Waals surface area (Å²) in [6, 6.07) is 0. The van der Waals surface area contributed by atoms with Gasteiger partial charge in [-0.3, -0.25) is 0 Å². The quantitative estimate of drug-likeness (QED) is 0.602. The first-order valence-corrected chi connectivity index (χ1v) is 6.00. The van der Waals surface area contributed by atoms with Crippen molar-refractivity contribution in [3.63, 3.8) is 0 Å². The topological polar surface area (TPSA) is 46.5 Å². The minimum Gasteiger partial charge on any atom is -0.479 e. The Balaban J connectivity index is 4.40. The Hall–Kier alpha value is -0.570. The second-order valence-corrected chi connectivity index (χ2v) is 4.00. The number of carboxylic acids is 1.